The number of amides is 1. The maximum Gasteiger partial charge on any atom is 0.253 e. The number of carbonyl (C=O) groups is 1. The molecule has 0 aromatic carbocycles. The van der Waals surface area contributed by atoms with E-state index in [2.05, 4.69) is 15.6 Å². The van der Waals surface area contributed by atoms with Gasteiger partial charge in [0.25, 0.3) is 5.91 Å². The second kappa shape index (κ2) is 7.61. The van der Waals surface area contributed by atoms with Crippen LogP contribution in [0.1, 0.15) is 30.6 Å². The largest absolute Gasteiger partial charge is 0.370 e. The SMILES string of the molecule is CCCNc1cc(C(=O)NC(C)CS(C)(=O)=O)c(Cl)cn1. The summed E-state index contributed by atoms with van der Waals surface area (Å²) in [4.78, 5) is 16.2. The number of nitrogens with one attached hydrogen (secondary N) is 2. The van der Waals surface area contributed by atoms with Crippen molar-refractivity contribution >= 4 is 33.2 Å². The minimum Gasteiger partial charge on any atom is -0.370 e. The standard InChI is InChI=1S/C13H20ClN3O3S/c1-4-5-15-12-6-10(11(14)7-16-12)13(18)17-9(2)8-21(3,19)20/h6-7,9H,4-5,8H2,1-3H3,(H,15,16)(H,17,18). The molecule has 0 aliphatic heterocycles. The van der Waals surface area contributed by atoms with Crippen LogP contribution in [0.15, 0.2) is 12.3 Å². The van der Waals surface area contributed by atoms with Crippen molar-refractivity contribution < 1.29 is 13.2 Å². The van der Waals surface area contributed by atoms with Crippen LogP contribution in [0.3, 0.4) is 0 Å². The maximum absolute atomic E-state index is 12.1. The van der Waals surface area contributed by atoms with Gasteiger partial charge in [-0.3, -0.25) is 4.79 Å². The van der Waals surface area contributed by atoms with E-state index >= 15 is 0 Å². The van der Waals surface area contributed by atoms with Gasteiger partial charge < -0.3 is 10.6 Å². The molecule has 118 valence electrons. The summed E-state index contributed by atoms with van der Waals surface area (Å²) >= 11 is 5.97. The van der Waals surface area contributed by atoms with Gasteiger partial charge in [0.15, 0.2) is 0 Å². The minimum absolute atomic E-state index is 0.123. The molecule has 1 aromatic rings. The molecule has 0 aliphatic rings. The van der Waals surface area contributed by atoms with Gasteiger partial charge in [-0.25, -0.2) is 13.4 Å². The van der Waals surface area contributed by atoms with E-state index in [1.165, 1.54) is 6.20 Å². The lowest BCUT2D eigenvalue weighted by molar-refractivity contribution is 0.0943. The van der Waals surface area contributed by atoms with Crippen LogP contribution >= 0.6 is 11.6 Å². The number of sulfone groups is 1. The zero-order chi connectivity index (χ0) is 16.0. The monoisotopic (exact) mass is 333 g/mol. The van der Waals surface area contributed by atoms with E-state index in [4.69, 9.17) is 11.6 Å². The zero-order valence-electron chi connectivity index (χ0n) is 12.3. The van der Waals surface area contributed by atoms with Crippen molar-refractivity contribution in [2.45, 2.75) is 26.3 Å². The molecule has 0 fully saturated rings. The van der Waals surface area contributed by atoms with Crippen molar-refractivity contribution in [2.24, 2.45) is 0 Å². The summed E-state index contributed by atoms with van der Waals surface area (Å²) in [7, 11) is -3.15. The maximum atomic E-state index is 12.1. The lowest BCUT2D eigenvalue weighted by atomic mass is 10.2. The lowest BCUT2D eigenvalue weighted by Crippen LogP contribution is -2.37. The van der Waals surface area contributed by atoms with E-state index in [0.717, 1.165) is 19.2 Å². The van der Waals surface area contributed by atoms with Crippen LogP contribution in [0.4, 0.5) is 5.82 Å². The fourth-order valence-corrected chi connectivity index (χ4v) is 2.94. The highest BCUT2D eigenvalue weighted by Gasteiger charge is 2.17. The van der Waals surface area contributed by atoms with Gasteiger partial charge in [0.05, 0.1) is 16.3 Å². The van der Waals surface area contributed by atoms with Crippen molar-refractivity contribution in [3.63, 3.8) is 0 Å². The number of aromatic nitrogens is 1. The Kier molecular flexibility index (Phi) is 6.42. The number of hydrogen-bond donors (Lipinski definition) is 2. The highest BCUT2D eigenvalue weighted by molar-refractivity contribution is 7.90. The Labute approximate surface area is 130 Å². The van der Waals surface area contributed by atoms with Crippen molar-refractivity contribution in [3.05, 3.63) is 22.8 Å². The number of nitrogens with zero attached hydrogens (tertiary/aromatic N) is 1. The quantitative estimate of drug-likeness (QED) is 0.793. The molecule has 1 unspecified atom stereocenters. The van der Waals surface area contributed by atoms with E-state index in [1.807, 2.05) is 6.92 Å². The van der Waals surface area contributed by atoms with Gasteiger partial charge >= 0.3 is 0 Å². The van der Waals surface area contributed by atoms with E-state index in [-0.39, 0.29) is 16.3 Å². The predicted octanol–water partition coefficient (Wildman–Crippen LogP) is 1.72. The molecule has 1 aromatic heterocycles. The normalized spacial score (nSPS) is 12.8. The fourth-order valence-electron chi connectivity index (χ4n) is 1.76. The predicted molar refractivity (Wildman–Crippen MR) is 84.7 cm³/mol. The molecule has 8 heteroatoms. The van der Waals surface area contributed by atoms with Crippen molar-refractivity contribution in [1.82, 2.24) is 10.3 Å². The number of halogens is 1. The molecule has 2 N–H and O–H groups in total. The molecule has 21 heavy (non-hydrogen) atoms. The number of pyridine rings is 1. The van der Waals surface area contributed by atoms with Crippen LogP contribution in [0.25, 0.3) is 0 Å². The summed E-state index contributed by atoms with van der Waals surface area (Å²) in [5, 5.41) is 5.90. The molecule has 6 nitrogen and oxygen atoms in total. The number of hydrogen-bond acceptors (Lipinski definition) is 5. The molecule has 0 saturated carbocycles. The minimum atomic E-state index is -3.15. The first kappa shape index (κ1) is 17.7. The molecule has 0 aliphatic carbocycles. The van der Waals surface area contributed by atoms with Crippen LogP contribution in [0.5, 0.6) is 0 Å². The van der Waals surface area contributed by atoms with Gasteiger partial charge in [-0.15, -0.1) is 0 Å². The Hall–Kier alpha value is -1.34. The van der Waals surface area contributed by atoms with Gasteiger partial charge in [0, 0.05) is 25.0 Å². The van der Waals surface area contributed by atoms with Gasteiger partial charge in [0.1, 0.15) is 15.7 Å². The molecule has 0 bridgehead atoms. The highest BCUT2D eigenvalue weighted by atomic mass is 35.5. The summed E-state index contributed by atoms with van der Waals surface area (Å²) in [5.41, 5.74) is 0.269. The second-order valence-corrected chi connectivity index (χ2v) is 7.54. The summed E-state index contributed by atoms with van der Waals surface area (Å²) in [6.45, 7) is 4.38. The zero-order valence-corrected chi connectivity index (χ0v) is 13.9. The first-order valence-corrected chi connectivity index (χ1v) is 9.04. The molecule has 1 atom stereocenters. The van der Waals surface area contributed by atoms with Gasteiger partial charge in [-0.05, 0) is 19.4 Å². The Bertz CT molecular complexity index is 605. The van der Waals surface area contributed by atoms with E-state index < -0.39 is 21.8 Å². The molecule has 0 saturated heterocycles. The average Bonchev–Trinajstić information content (AvgIpc) is 2.35. The number of anilines is 1. The Morgan fingerprint density at radius 3 is 2.71 bits per heavy atom. The third-order valence-electron chi connectivity index (χ3n) is 2.59. The molecule has 1 rings (SSSR count). The van der Waals surface area contributed by atoms with Gasteiger partial charge in [0.2, 0.25) is 0 Å². The molecule has 0 spiro atoms. The Morgan fingerprint density at radius 2 is 2.14 bits per heavy atom. The lowest BCUT2D eigenvalue weighted by Gasteiger charge is -2.14. The molecule has 1 heterocycles. The van der Waals surface area contributed by atoms with Crippen molar-refractivity contribution in [3.8, 4) is 0 Å². The Balaban J connectivity index is 2.81. The topological polar surface area (TPSA) is 88.2 Å². The Morgan fingerprint density at radius 1 is 1.48 bits per heavy atom. The third-order valence-corrected chi connectivity index (χ3v) is 3.99. The van der Waals surface area contributed by atoms with E-state index in [1.54, 1.807) is 13.0 Å². The molecule has 0 radical (unpaired) electrons. The molecular weight excluding hydrogens is 314 g/mol. The van der Waals surface area contributed by atoms with E-state index in [0.29, 0.717) is 5.82 Å². The first-order valence-electron chi connectivity index (χ1n) is 6.61. The van der Waals surface area contributed by atoms with Gasteiger partial charge in [-0.1, -0.05) is 18.5 Å². The summed E-state index contributed by atoms with van der Waals surface area (Å²) < 4.78 is 22.4. The first-order chi connectivity index (χ1) is 9.73. The second-order valence-electron chi connectivity index (χ2n) is 4.94. The van der Waals surface area contributed by atoms with Crippen molar-refractivity contribution in [1.29, 1.82) is 0 Å². The number of rotatable bonds is 7. The molecule has 1 amide bonds. The summed E-state index contributed by atoms with van der Waals surface area (Å²) in [6.07, 6.45) is 3.45. The van der Waals surface area contributed by atoms with Crippen molar-refractivity contribution in [2.75, 3.05) is 23.9 Å². The third kappa shape index (κ3) is 6.31. The van der Waals surface area contributed by atoms with Crippen LogP contribution < -0.4 is 10.6 Å². The molecular formula is C13H20ClN3O3S. The van der Waals surface area contributed by atoms with Crippen LogP contribution in [-0.4, -0.2) is 43.9 Å². The van der Waals surface area contributed by atoms with E-state index in [9.17, 15) is 13.2 Å². The highest BCUT2D eigenvalue weighted by Crippen LogP contribution is 2.18. The fraction of sp³-hybridized carbons (Fsp3) is 0.538. The van der Waals surface area contributed by atoms with Crippen LogP contribution in [0.2, 0.25) is 5.02 Å². The van der Waals surface area contributed by atoms with Crippen LogP contribution in [0, 0.1) is 0 Å². The average molecular weight is 334 g/mol. The van der Waals surface area contributed by atoms with Crippen LogP contribution in [-0.2, 0) is 9.84 Å². The summed E-state index contributed by atoms with van der Waals surface area (Å²) in [6, 6.07) is 1.06. The smallest absolute Gasteiger partial charge is 0.253 e. The number of carbonyl (C=O) groups excluding carboxylic acids is 1. The summed E-state index contributed by atoms with van der Waals surface area (Å²) in [5.74, 6) is 0.0165. The van der Waals surface area contributed by atoms with Gasteiger partial charge in [-0.2, -0.15) is 0 Å².